The lowest BCUT2D eigenvalue weighted by Crippen LogP contribution is -2.47. The van der Waals surface area contributed by atoms with Gasteiger partial charge in [0.1, 0.15) is 6.54 Å². The molecule has 1 amide bonds. The van der Waals surface area contributed by atoms with Crippen molar-refractivity contribution in [1.82, 2.24) is 14.7 Å². The Balaban J connectivity index is 1.78. The van der Waals surface area contributed by atoms with E-state index < -0.39 is 6.10 Å². The van der Waals surface area contributed by atoms with Gasteiger partial charge in [-0.2, -0.15) is 5.10 Å². The van der Waals surface area contributed by atoms with Crippen LogP contribution in [0.3, 0.4) is 0 Å². The van der Waals surface area contributed by atoms with E-state index in [1.54, 1.807) is 15.8 Å². The van der Waals surface area contributed by atoms with Crippen LogP contribution in [-0.4, -0.2) is 57.6 Å². The average Bonchev–Trinajstić information content (AvgIpc) is 3.08. The summed E-state index contributed by atoms with van der Waals surface area (Å²) >= 11 is 0. The van der Waals surface area contributed by atoms with Crippen molar-refractivity contribution in [2.45, 2.75) is 25.6 Å². The Morgan fingerprint density at radius 2 is 2.29 bits per heavy atom. The maximum Gasteiger partial charge on any atom is 0.244 e. The SMILES string of the molecule is CCN(C(=O)Cn1ncc2ccccc21)[C@H]1COC[C@@H]1O. The number of aliphatic hydroxyl groups excluding tert-OH is 1. The third-order valence-corrected chi connectivity index (χ3v) is 3.92. The molecule has 1 aliphatic rings. The largest absolute Gasteiger partial charge is 0.388 e. The topological polar surface area (TPSA) is 67.6 Å². The molecule has 21 heavy (non-hydrogen) atoms. The van der Waals surface area contributed by atoms with E-state index in [0.717, 1.165) is 10.9 Å². The summed E-state index contributed by atoms with van der Waals surface area (Å²) in [5.41, 5.74) is 0.935. The van der Waals surface area contributed by atoms with Crippen LogP contribution in [0, 0.1) is 0 Å². The third kappa shape index (κ3) is 2.64. The van der Waals surface area contributed by atoms with E-state index in [9.17, 15) is 9.90 Å². The zero-order valence-corrected chi connectivity index (χ0v) is 12.0. The third-order valence-electron chi connectivity index (χ3n) is 3.92. The first kappa shape index (κ1) is 14.0. The van der Waals surface area contributed by atoms with E-state index in [0.29, 0.717) is 19.8 Å². The fourth-order valence-corrected chi connectivity index (χ4v) is 2.80. The Hall–Kier alpha value is -1.92. The molecule has 0 radical (unpaired) electrons. The summed E-state index contributed by atoms with van der Waals surface area (Å²) < 4.78 is 6.94. The number of ether oxygens (including phenoxy) is 1. The minimum absolute atomic E-state index is 0.0547. The quantitative estimate of drug-likeness (QED) is 0.897. The molecule has 0 spiro atoms. The van der Waals surface area contributed by atoms with Crippen molar-refractivity contribution in [3.05, 3.63) is 30.5 Å². The first-order valence-corrected chi connectivity index (χ1v) is 7.16. The summed E-state index contributed by atoms with van der Waals surface area (Å²) in [6, 6.07) is 7.52. The molecular weight excluding hydrogens is 270 g/mol. The number of likely N-dealkylation sites (N-methyl/N-ethyl adjacent to an activating group) is 1. The molecule has 2 aromatic rings. The molecule has 6 nitrogen and oxygen atoms in total. The lowest BCUT2D eigenvalue weighted by molar-refractivity contribution is -0.135. The molecule has 1 fully saturated rings. The van der Waals surface area contributed by atoms with Crippen LogP contribution in [0.25, 0.3) is 10.9 Å². The molecule has 2 atom stereocenters. The number of para-hydroxylation sites is 1. The van der Waals surface area contributed by atoms with E-state index in [-0.39, 0.29) is 18.5 Å². The summed E-state index contributed by atoms with van der Waals surface area (Å²) in [6.45, 7) is 3.30. The van der Waals surface area contributed by atoms with Crippen molar-refractivity contribution in [2.24, 2.45) is 0 Å². The van der Waals surface area contributed by atoms with Crippen molar-refractivity contribution in [3.8, 4) is 0 Å². The van der Waals surface area contributed by atoms with Crippen molar-refractivity contribution < 1.29 is 14.6 Å². The van der Waals surface area contributed by atoms with Crippen LogP contribution in [0.1, 0.15) is 6.92 Å². The van der Waals surface area contributed by atoms with E-state index in [1.807, 2.05) is 31.2 Å². The molecule has 0 bridgehead atoms. The van der Waals surface area contributed by atoms with Crippen LogP contribution in [0.5, 0.6) is 0 Å². The van der Waals surface area contributed by atoms with Crippen LogP contribution < -0.4 is 0 Å². The van der Waals surface area contributed by atoms with Gasteiger partial charge < -0.3 is 14.7 Å². The van der Waals surface area contributed by atoms with Gasteiger partial charge in [-0.05, 0) is 13.0 Å². The minimum atomic E-state index is -0.608. The monoisotopic (exact) mass is 289 g/mol. The molecule has 2 heterocycles. The number of rotatable bonds is 4. The molecule has 1 N–H and O–H groups in total. The standard InChI is InChI=1S/C15H19N3O3/c1-2-17(13-9-21-10-14(13)19)15(20)8-18-12-6-4-3-5-11(12)7-16-18/h3-7,13-14,19H,2,8-10H2,1H3/t13-,14-/m0/s1. The highest BCUT2D eigenvalue weighted by atomic mass is 16.5. The number of carbonyl (C=O) groups excluding carboxylic acids is 1. The molecule has 6 heteroatoms. The van der Waals surface area contributed by atoms with Gasteiger partial charge >= 0.3 is 0 Å². The van der Waals surface area contributed by atoms with Crippen molar-refractivity contribution in [1.29, 1.82) is 0 Å². The lowest BCUT2D eigenvalue weighted by atomic mass is 10.2. The van der Waals surface area contributed by atoms with Crippen molar-refractivity contribution >= 4 is 16.8 Å². The highest BCUT2D eigenvalue weighted by molar-refractivity contribution is 5.82. The first-order valence-electron chi connectivity index (χ1n) is 7.16. The number of carbonyl (C=O) groups is 1. The molecule has 1 aliphatic heterocycles. The number of benzene rings is 1. The lowest BCUT2D eigenvalue weighted by Gasteiger charge is -2.28. The Morgan fingerprint density at radius 1 is 1.48 bits per heavy atom. The second-order valence-electron chi connectivity index (χ2n) is 5.21. The Kier molecular flexibility index (Phi) is 3.90. The number of nitrogens with zero attached hydrogens (tertiary/aromatic N) is 3. The normalized spacial score (nSPS) is 21.8. The smallest absolute Gasteiger partial charge is 0.244 e. The van der Waals surface area contributed by atoms with Gasteiger partial charge in [0.15, 0.2) is 0 Å². The van der Waals surface area contributed by atoms with Crippen LogP contribution in [0.4, 0.5) is 0 Å². The number of fused-ring (bicyclic) bond motifs is 1. The van der Waals surface area contributed by atoms with Crippen LogP contribution >= 0.6 is 0 Å². The Morgan fingerprint density at radius 3 is 3.00 bits per heavy atom. The van der Waals surface area contributed by atoms with Gasteiger partial charge in [-0.1, -0.05) is 18.2 Å². The summed E-state index contributed by atoms with van der Waals surface area (Å²) in [5.74, 6) is -0.0547. The second-order valence-corrected chi connectivity index (χ2v) is 5.21. The zero-order chi connectivity index (χ0) is 14.8. The molecule has 0 aliphatic carbocycles. The Bertz CT molecular complexity index is 640. The predicted octanol–water partition coefficient (Wildman–Crippen LogP) is 0.644. The molecule has 0 unspecified atom stereocenters. The maximum absolute atomic E-state index is 12.5. The molecule has 1 aromatic carbocycles. The number of hydrogen-bond acceptors (Lipinski definition) is 4. The van der Waals surface area contributed by atoms with Gasteiger partial charge in [-0.3, -0.25) is 9.48 Å². The zero-order valence-electron chi connectivity index (χ0n) is 12.0. The summed E-state index contributed by atoms with van der Waals surface area (Å²) in [7, 11) is 0. The highest BCUT2D eigenvalue weighted by Gasteiger charge is 2.33. The molecule has 1 saturated heterocycles. The van der Waals surface area contributed by atoms with Gasteiger partial charge in [0.2, 0.25) is 5.91 Å². The van der Waals surface area contributed by atoms with Gasteiger partial charge in [-0.15, -0.1) is 0 Å². The molecule has 1 aromatic heterocycles. The number of aliphatic hydroxyl groups is 1. The number of hydrogen-bond donors (Lipinski definition) is 1. The summed E-state index contributed by atoms with van der Waals surface area (Å²) in [6.07, 6.45) is 1.15. The fraction of sp³-hybridized carbons (Fsp3) is 0.467. The Labute approximate surface area is 122 Å². The van der Waals surface area contributed by atoms with Crippen LogP contribution in [0.15, 0.2) is 30.5 Å². The molecular formula is C15H19N3O3. The highest BCUT2D eigenvalue weighted by Crippen LogP contribution is 2.16. The second kappa shape index (κ2) is 5.83. The predicted molar refractivity (Wildman–Crippen MR) is 77.7 cm³/mol. The van der Waals surface area contributed by atoms with Crippen LogP contribution in [-0.2, 0) is 16.1 Å². The van der Waals surface area contributed by atoms with Gasteiger partial charge in [0.05, 0.1) is 37.1 Å². The minimum Gasteiger partial charge on any atom is -0.388 e. The van der Waals surface area contributed by atoms with E-state index in [1.165, 1.54) is 0 Å². The number of aromatic nitrogens is 2. The van der Waals surface area contributed by atoms with Crippen LogP contribution in [0.2, 0.25) is 0 Å². The van der Waals surface area contributed by atoms with E-state index in [2.05, 4.69) is 5.10 Å². The fourth-order valence-electron chi connectivity index (χ4n) is 2.80. The molecule has 3 rings (SSSR count). The number of amides is 1. The van der Waals surface area contributed by atoms with Gasteiger partial charge in [0.25, 0.3) is 0 Å². The van der Waals surface area contributed by atoms with Crippen molar-refractivity contribution in [2.75, 3.05) is 19.8 Å². The first-order chi connectivity index (χ1) is 10.2. The summed E-state index contributed by atoms with van der Waals surface area (Å²) in [5, 5.41) is 15.2. The molecule has 0 saturated carbocycles. The van der Waals surface area contributed by atoms with E-state index in [4.69, 9.17) is 4.74 Å². The maximum atomic E-state index is 12.5. The van der Waals surface area contributed by atoms with Gasteiger partial charge in [0, 0.05) is 11.9 Å². The average molecular weight is 289 g/mol. The van der Waals surface area contributed by atoms with Crippen molar-refractivity contribution in [3.63, 3.8) is 0 Å². The summed E-state index contributed by atoms with van der Waals surface area (Å²) in [4.78, 5) is 14.2. The van der Waals surface area contributed by atoms with Gasteiger partial charge in [-0.25, -0.2) is 0 Å². The molecule has 112 valence electrons. The van der Waals surface area contributed by atoms with E-state index >= 15 is 0 Å².